The van der Waals surface area contributed by atoms with E-state index in [1.807, 2.05) is 22.7 Å². The van der Waals surface area contributed by atoms with Crippen molar-refractivity contribution < 1.29 is 0 Å². The molecule has 0 saturated heterocycles. The van der Waals surface area contributed by atoms with E-state index in [1.54, 1.807) is 5.57 Å². The van der Waals surface area contributed by atoms with Crippen molar-refractivity contribution in [2.24, 2.45) is 0 Å². The van der Waals surface area contributed by atoms with Crippen molar-refractivity contribution in [2.45, 2.75) is 50.9 Å². The maximum absolute atomic E-state index is 2.69. The summed E-state index contributed by atoms with van der Waals surface area (Å²) in [6.45, 7) is 9.86. The summed E-state index contributed by atoms with van der Waals surface area (Å²) in [6, 6.07) is 44.3. The van der Waals surface area contributed by atoms with Gasteiger partial charge in [-0.15, -0.1) is 22.7 Å². The van der Waals surface area contributed by atoms with Gasteiger partial charge in [0.25, 0.3) is 0 Å². The Bertz CT molecular complexity index is 3180. The van der Waals surface area contributed by atoms with E-state index < -0.39 is 0 Å². The Balaban J connectivity index is 1.18. The van der Waals surface area contributed by atoms with Gasteiger partial charge >= 0.3 is 0 Å². The van der Waals surface area contributed by atoms with Crippen LogP contribution in [-0.2, 0) is 10.8 Å². The lowest BCUT2D eigenvalue weighted by molar-refractivity contribution is 0.587. The van der Waals surface area contributed by atoms with E-state index in [0.717, 1.165) is 6.42 Å². The van der Waals surface area contributed by atoms with Gasteiger partial charge in [-0.1, -0.05) is 101 Å². The molecule has 0 fully saturated rings. The molecule has 12 rings (SSSR count). The van der Waals surface area contributed by atoms with Gasteiger partial charge in [0.2, 0.25) is 0 Å². The molecule has 5 heterocycles. The lowest BCUT2D eigenvalue weighted by atomic mass is 9.66. The molecule has 6 aromatic carbocycles. The van der Waals surface area contributed by atoms with Gasteiger partial charge in [0.15, 0.2) is 0 Å². The van der Waals surface area contributed by atoms with Crippen molar-refractivity contribution in [1.29, 1.82) is 0 Å². The van der Waals surface area contributed by atoms with Crippen LogP contribution in [0, 0.1) is 0 Å². The van der Waals surface area contributed by atoms with E-state index >= 15 is 0 Å². The first kappa shape index (κ1) is 28.7. The third kappa shape index (κ3) is 3.56. The first-order valence-corrected chi connectivity index (χ1v) is 19.8. The third-order valence-electron chi connectivity index (χ3n) is 12.8. The van der Waals surface area contributed by atoms with Crippen molar-refractivity contribution in [3.05, 3.63) is 148 Å². The molecule has 0 bridgehead atoms. The summed E-state index contributed by atoms with van der Waals surface area (Å²) in [5.41, 5.74) is 12.5. The van der Waals surface area contributed by atoms with E-state index in [1.165, 1.54) is 101 Å². The summed E-state index contributed by atoms with van der Waals surface area (Å²) in [6.07, 6.45) is 3.67. The van der Waals surface area contributed by atoms with Crippen molar-refractivity contribution in [3.63, 3.8) is 0 Å². The van der Waals surface area contributed by atoms with Crippen LogP contribution >= 0.6 is 22.7 Å². The fourth-order valence-corrected chi connectivity index (χ4v) is 12.3. The quantitative estimate of drug-likeness (QED) is 0.170. The predicted octanol–water partition coefficient (Wildman–Crippen LogP) is 12.1. The van der Waals surface area contributed by atoms with Crippen LogP contribution in [0.25, 0.3) is 79.7 Å². The van der Waals surface area contributed by atoms with Gasteiger partial charge in [-0.05, 0) is 93.9 Å². The average molecular weight is 690 g/mol. The first-order chi connectivity index (χ1) is 24.8. The molecule has 3 aliphatic rings. The van der Waals surface area contributed by atoms with Gasteiger partial charge in [-0.25, -0.2) is 0 Å². The Labute approximate surface area is 304 Å². The summed E-state index contributed by atoms with van der Waals surface area (Å²) in [5.74, 6) is 0.299. The number of benzene rings is 6. The lowest BCUT2D eigenvalue weighted by Gasteiger charge is -2.43. The fraction of sp³-hybridized carbons (Fsp3) is 0.167. The van der Waals surface area contributed by atoms with Gasteiger partial charge in [0, 0.05) is 67.7 Å². The number of fused-ring (bicyclic) bond motifs is 7. The number of hydrogen-bond acceptors (Lipinski definition) is 2. The monoisotopic (exact) mass is 689 g/mol. The summed E-state index contributed by atoms with van der Waals surface area (Å²) in [7, 11) is 0. The zero-order valence-electron chi connectivity index (χ0n) is 29.1. The van der Waals surface area contributed by atoms with Gasteiger partial charge in [-0.2, -0.15) is 0 Å². The Morgan fingerprint density at radius 1 is 0.549 bits per heavy atom. The fourth-order valence-electron chi connectivity index (χ4n) is 10.1. The minimum Gasteiger partial charge on any atom is -0.308 e. The highest BCUT2D eigenvalue weighted by Gasteiger charge is 2.44. The number of rotatable bonds is 2. The average Bonchev–Trinajstić information content (AvgIpc) is 3.82. The minimum atomic E-state index is -0.145. The summed E-state index contributed by atoms with van der Waals surface area (Å²) >= 11 is 3.80. The molecule has 0 amide bonds. The molecule has 1 nitrogen and oxygen atoms in total. The maximum atomic E-state index is 2.69. The number of hydrogen-bond donors (Lipinski definition) is 0. The SMILES string of the molecule is CC1(C)C2=c3c(c4cc(-c5ccc6sc7ccccc7c6c5)cc5c4n3-c3c1cccc3C5(C)C)=CC(c1ccc3sc4ccccc4c3c1)C2. The highest BCUT2D eigenvalue weighted by molar-refractivity contribution is 7.26. The van der Waals surface area contributed by atoms with Crippen LogP contribution in [0.5, 0.6) is 0 Å². The molecule has 9 aromatic rings. The van der Waals surface area contributed by atoms with Gasteiger partial charge < -0.3 is 4.57 Å². The zero-order chi connectivity index (χ0) is 34.0. The van der Waals surface area contributed by atoms with Crippen molar-refractivity contribution in [2.75, 3.05) is 0 Å². The minimum absolute atomic E-state index is 0.0857. The second kappa shape index (κ2) is 9.47. The van der Waals surface area contributed by atoms with Crippen LogP contribution in [0.1, 0.15) is 62.3 Å². The molecule has 1 aliphatic carbocycles. The summed E-state index contributed by atoms with van der Waals surface area (Å²) in [5, 5.41) is 9.73. The zero-order valence-corrected chi connectivity index (χ0v) is 30.7. The van der Waals surface area contributed by atoms with Crippen LogP contribution in [0.4, 0.5) is 0 Å². The molecule has 244 valence electrons. The van der Waals surface area contributed by atoms with E-state index in [-0.39, 0.29) is 10.8 Å². The molecule has 0 saturated carbocycles. The highest BCUT2D eigenvalue weighted by Crippen LogP contribution is 2.52. The number of thiophene rings is 2. The smallest absolute Gasteiger partial charge is 0.0582 e. The van der Waals surface area contributed by atoms with Crippen molar-refractivity contribution >= 4 is 85.6 Å². The van der Waals surface area contributed by atoms with Crippen LogP contribution in [0.3, 0.4) is 0 Å². The van der Waals surface area contributed by atoms with Gasteiger partial charge in [0.1, 0.15) is 0 Å². The molecule has 51 heavy (non-hydrogen) atoms. The largest absolute Gasteiger partial charge is 0.308 e. The Hall–Kier alpha value is -4.96. The molecule has 3 heteroatoms. The molecule has 1 atom stereocenters. The number of para-hydroxylation sites is 1. The standard InChI is InChI=1S/C48H35NS2/c1-47(2)36-12-9-13-37-46(36)49-44-34(22-28(24-38(44)47)26-16-18-42-32(20-26)30-10-5-7-14-40(30)50-42)35-23-29(25-39(45(35)49)48(37,3)4)27-17-19-43-33(21-27)31-11-6-8-15-41(31)51-43/h5-24,29H,25H2,1-4H3. The molecule has 1 unspecified atom stereocenters. The Morgan fingerprint density at radius 3 is 1.92 bits per heavy atom. The van der Waals surface area contributed by atoms with E-state index in [0.29, 0.717) is 5.92 Å². The van der Waals surface area contributed by atoms with Crippen molar-refractivity contribution in [1.82, 2.24) is 4.57 Å². The number of aromatic nitrogens is 1. The Morgan fingerprint density at radius 2 is 1.18 bits per heavy atom. The normalized spacial score (nSPS) is 18.0. The second-order valence-corrected chi connectivity index (χ2v) is 18.3. The van der Waals surface area contributed by atoms with E-state index in [2.05, 4.69) is 154 Å². The van der Waals surface area contributed by atoms with Crippen LogP contribution < -0.4 is 10.6 Å². The molecule has 2 aliphatic heterocycles. The van der Waals surface area contributed by atoms with E-state index in [4.69, 9.17) is 0 Å². The van der Waals surface area contributed by atoms with Gasteiger partial charge in [0.05, 0.1) is 16.6 Å². The first-order valence-electron chi connectivity index (χ1n) is 18.2. The van der Waals surface area contributed by atoms with Gasteiger partial charge in [-0.3, -0.25) is 0 Å². The molecule has 3 aromatic heterocycles. The summed E-state index contributed by atoms with van der Waals surface area (Å²) < 4.78 is 8.14. The predicted molar refractivity (Wildman–Crippen MR) is 221 cm³/mol. The van der Waals surface area contributed by atoms with Crippen LogP contribution in [0.15, 0.2) is 115 Å². The molecule has 0 spiro atoms. The summed E-state index contributed by atoms with van der Waals surface area (Å²) in [4.78, 5) is 0. The molecule has 0 N–H and O–H groups in total. The van der Waals surface area contributed by atoms with Crippen LogP contribution in [-0.4, -0.2) is 4.57 Å². The lowest BCUT2D eigenvalue weighted by Crippen LogP contribution is -2.46. The molecule has 0 radical (unpaired) electrons. The second-order valence-electron chi connectivity index (χ2n) is 16.1. The van der Waals surface area contributed by atoms with Crippen LogP contribution in [0.2, 0.25) is 0 Å². The molecular weight excluding hydrogens is 655 g/mol. The maximum Gasteiger partial charge on any atom is 0.0582 e. The van der Waals surface area contributed by atoms with Crippen molar-refractivity contribution in [3.8, 4) is 16.8 Å². The molecular formula is C48H35NS2. The van der Waals surface area contributed by atoms with E-state index in [9.17, 15) is 0 Å². The topological polar surface area (TPSA) is 4.93 Å². The highest BCUT2D eigenvalue weighted by atomic mass is 32.1. The number of nitrogens with zero attached hydrogens (tertiary/aromatic N) is 1. The third-order valence-corrected chi connectivity index (χ3v) is 15.1. The Kier molecular flexibility index (Phi) is 5.33.